The fourth-order valence-electron chi connectivity index (χ4n) is 3.53. The van der Waals surface area contributed by atoms with E-state index in [-0.39, 0.29) is 0 Å². The average molecular weight is 656 g/mol. The van der Waals surface area contributed by atoms with Crippen LogP contribution < -0.4 is 13.6 Å². The third-order valence-corrected chi connectivity index (χ3v) is 16.8. The van der Waals surface area contributed by atoms with Crippen LogP contribution in [0, 0.1) is 20.8 Å². The van der Waals surface area contributed by atoms with Gasteiger partial charge in [0.05, 0.1) is 0 Å². The van der Waals surface area contributed by atoms with Crippen molar-refractivity contribution in [2.45, 2.75) is 20.8 Å². The van der Waals surface area contributed by atoms with E-state index in [1.807, 2.05) is 57.2 Å². The zero-order chi connectivity index (χ0) is 30.4. The molecule has 0 aliphatic carbocycles. The lowest BCUT2D eigenvalue weighted by Crippen LogP contribution is -2.05. The van der Waals surface area contributed by atoms with Crippen molar-refractivity contribution in [3.05, 3.63) is 89.5 Å². The topological polar surface area (TPSA) is 123 Å². The van der Waals surface area contributed by atoms with Crippen LogP contribution in [0.2, 0.25) is 0 Å². The van der Waals surface area contributed by atoms with Crippen LogP contribution in [0.4, 0.5) is 0 Å². The van der Waals surface area contributed by atoms with E-state index >= 15 is 0 Å². The molecule has 3 aromatic carbocycles. The highest BCUT2D eigenvalue weighted by atomic mass is 31.3. The molecule has 0 spiro atoms. The van der Waals surface area contributed by atoms with Crippen LogP contribution >= 0.6 is 30.6 Å². The Morgan fingerprint density at radius 1 is 0.357 bits per heavy atom. The van der Waals surface area contributed by atoms with Crippen LogP contribution in [0.15, 0.2) is 90.9 Å². The van der Waals surface area contributed by atoms with Crippen molar-refractivity contribution in [2.75, 3.05) is 35.5 Å². The number of aryl methyl sites for hydroxylation is 3. The second kappa shape index (κ2) is 13.6. The first-order valence-electron chi connectivity index (χ1n) is 12.7. The summed E-state index contributed by atoms with van der Waals surface area (Å²) >= 11 is 0. The Balaban J connectivity index is 2.12. The van der Waals surface area contributed by atoms with Crippen LogP contribution in [0.1, 0.15) is 16.7 Å². The molecule has 1 aliphatic rings. The van der Waals surface area contributed by atoms with Gasteiger partial charge in [0, 0.05) is 35.5 Å². The minimum absolute atomic E-state index is 0.434. The first-order valence-corrected chi connectivity index (χ1v) is 18.8. The minimum atomic E-state index is -3.88. The number of nitrogens with zero attached hydrogens (tertiary/aromatic N) is 4. The second-order valence-electron chi connectivity index (χ2n) is 8.95. The van der Waals surface area contributed by atoms with Gasteiger partial charge in [-0.25, -0.2) is 0 Å². The number of rotatable bonds is 11. The van der Waals surface area contributed by atoms with E-state index in [1.54, 1.807) is 36.4 Å². The maximum atomic E-state index is 6.58. The Morgan fingerprint density at radius 3 is 0.905 bits per heavy atom. The molecule has 1 unspecified atom stereocenters. The van der Waals surface area contributed by atoms with Crippen molar-refractivity contribution < 1.29 is 36.2 Å². The van der Waals surface area contributed by atoms with Crippen LogP contribution in [0.5, 0.6) is 17.2 Å². The molecule has 0 saturated carbocycles. The summed E-state index contributed by atoms with van der Waals surface area (Å²) in [5.41, 5.74) is 3.12. The summed E-state index contributed by atoms with van der Waals surface area (Å²) in [6, 6.07) is 22.2. The van der Waals surface area contributed by atoms with Gasteiger partial charge in [-0.05, 0) is 57.2 Å². The first kappa shape index (κ1) is 32.7. The van der Waals surface area contributed by atoms with E-state index in [9.17, 15) is 0 Å². The molecule has 12 nitrogen and oxygen atoms in total. The van der Waals surface area contributed by atoms with Gasteiger partial charge in [-0.15, -0.1) is 18.1 Å². The molecule has 16 heteroatoms. The molecule has 0 aromatic heterocycles. The molecule has 228 valence electrons. The van der Waals surface area contributed by atoms with Crippen molar-refractivity contribution >= 4 is 30.6 Å². The molecule has 0 radical (unpaired) electrons. The predicted octanol–water partition coefficient (Wildman–Crippen LogP) is 10.2. The Kier molecular flexibility index (Phi) is 10.6. The van der Waals surface area contributed by atoms with Gasteiger partial charge >= 0.3 is 30.6 Å². The summed E-state index contributed by atoms with van der Waals surface area (Å²) in [7, 11) is -7.66. The quantitative estimate of drug-likeness (QED) is 0.187. The van der Waals surface area contributed by atoms with Gasteiger partial charge in [0.15, 0.2) is 0 Å². The molecule has 4 rings (SSSR count). The third kappa shape index (κ3) is 7.64. The summed E-state index contributed by atoms with van der Waals surface area (Å²) in [5.74, 6) is 1.31. The monoisotopic (exact) mass is 656 g/mol. The maximum Gasteiger partial charge on any atom is 0.458 e. The van der Waals surface area contributed by atoms with Crippen LogP contribution in [-0.4, -0.2) is 35.5 Å². The highest BCUT2D eigenvalue weighted by Gasteiger charge is 2.44. The Hall–Kier alpha value is -2.22. The van der Waals surface area contributed by atoms with Crippen LogP contribution in [0.3, 0.4) is 0 Å². The highest BCUT2D eigenvalue weighted by molar-refractivity contribution is 7.78. The summed E-state index contributed by atoms with van der Waals surface area (Å²) in [6.07, 6.45) is 0. The highest BCUT2D eigenvalue weighted by Crippen LogP contribution is 2.79. The lowest BCUT2D eigenvalue weighted by molar-refractivity contribution is 0.313. The van der Waals surface area contributed by atoms with E-state index in [4.69, 9.17) is 54.3 Å². The molecule has 1 atom stereocenters. The predicted molar refractivity (Wildman–Crippen MR) is 168 cm³/mol. The molecule has 0 N–H and O–H groups in total. The van der Waals surface area contributed by atoms with Crippen molar-refractivity contribution in [1.29, 1.82) is 0 Å². The minimum Gasteiger partial charge on any atom is -0.422 e. The summed E-state index contributed by atoms with van der Waals surface area (Å²) < 4.78 is 68.4. The van der Waals surface area contributed by atoms with Gasteiger partial charge in [-0.1, -0.05) is 53.1 Å². The fraction of sp³-hybridized carbons (Fsp3) is 0.308. The van der Waals surface area contributed by atoms with E-state index in [0.717, 1.165) is 16.7 Å². The maximum absolute atomic E-state index is 6.58. The Morgan fingerprint density at radius 2 is 0.595 bits per heavy atom. The van der Waals surface area contributed by atoms with Crippen LogP contribution in [0.25, 0.3) is 0 Å². The molecular weight excluding hydrogens is 620 g/mol. The average Bonchev–Trinajstić information content (AvgIpc) is 2.99. The lowest BCUT2D eigenvalue weighted by atomic mass is 10.2. The van der Waals surface area contributed by atoms with Crippen LogP contribution in [-0.2, 0) is 22.6 Å². The van der Waals surface area contributed by atoms with Crippen molar-refractivity contribution in [3.63, 3.8) is 0 Å². The van der Waals surface area contributed by atoms with Crippen molar-refractivity contribution in [2.24, 2.45) is 18.1 Å². The second-order valence-corrected chi connectivity index (χ2v) is 18.1. The molecule has 1 aliphatic heterocycles. The summed E-state index contributed by atoms with van der Waals surface area (Å²) in [4.78, 5) is 0. The number of hydrogen-bond donors (Lipinski definition) is 0. The standard InChI is InChI=1S/C26H36N4O8P4/c1-21-9-15-24(16-10-21)36-41(35-8)28-39(31-4,32-5)27-40(33-6,34-7)29-42(30-41,37-25-17-11-22(2)12-18-25)38-26-19-13-23(3)14-20-26/h9-20H,1-8H3. The van der Waals surface area contributed by atoms with E-state index in [0.29, 0.717) is 17.2 Å². The molecule has 42 heavy (non-hydrogen) atoms. The zero-order valence-corrected chi connectivity index (χ0v) is 28.3. The first-order chi connectivity index (χ1) is 20.0. The van der Waals surface area contributed by atoms with Gasteiger partial charge in [-0.3, -0.25) is 0 Å². The Bertz CT molecular complexity index is 1540. The van der Waals surface area contributed by atoms with E-state index in [1.165, 1.54) is 35.5 Å². The normalized spacial score (nSPS) is 20.4. The van der Waals surface area contributed by atoms with Gasteiger partial charge in [0.2, 0.25) is 0 Å². The number of benzene rings is 3. The fourth-order valence-corrected chi connectivity index (χ4v) is 15.4. The largest absolute Gasteiger partial charge is 0.458 e. The van der Waals surface area contributed by atoms with Gasteiger partial charge in [0.1, 0.15) is 17.2 Å². The lowest BCUT2D eigenvalue weighted by Gasteiger charge is -2.31. The smallest absolute Gasteiger partial charge is 0.422 e. The van der Waals surface area contributed by atoms with Crippen molar-refractivity contribution in [3.8, 4) is 17.2 Å². The van der Waals surface area contributed by atoms with Crippen molar-refractivity contribution in [1.82, 2.24) is 0 Å². The Labute approximate surface area is 247 Å². The van der Waals surface area contributed by atoms with Gasteiger partial charge < -0.3 is 36.2 Å². The van der Waals surface area contributed by atoms with E-state index in [2.05, 4.69) is 0 Å². The van der Waals surface area contributed by atoms with Gasteiger partial charge in [0.25, 0.3) is 0 Å². The molecule has 0 fully saturated rings. The molecule has 0 bridgehead atoms. The summed E-state index contributed by atoms with van der Waals surface area (Å²) in [5, 5.41) is 0. The molecule has 0 amide bonds. The van der Waals surface area contributed by atoms with E-state index < -0.39 is 30.6 Å². The summed E-state index contributed by atoms with van der Waals surface area (Å²) in [6.45, 7) is 5.92. The molecular formula is C26H36N4O8P4. The molecule has 3 aromatic rings. The molecule has 0 saturated heterocycles. The number of hydrogen-bond acceptors (Lipinski definition) is 12. The zero-order valence-electron chi connectivity index (χ0n) is 24.8. The molecule has 1 heterocycles. The third-order valence-electron chi connectivity index (χ3n) is 5.83. The van der Waals surface area contributed by atoms with Gasteiger partial charge in [-0.2, -0.15) is 0 Å². The SMILES string of the molecule is COP1(OC)=NP(OC)(OC)=NP(OC)(Oc2ccc(C)cc2)=NP(Oc2ccc(C)cc2)(Oc2ccc(C)cc2)=N1.